The number of amides is 1. The summed E-state index contributed by atoms with van der Waals surface area (Å²) in [6.45, 7) is 2.51. The number of alkyl halides is 1. The zero-order valence-electron chi connectivity index (χ0n) is 11.1. The molecular weight excluding hydrogens is 264 g/mol. The number of nitrogens with zero attached hydrogens (tertiary/aromatic N) is 1. The van der Waals surface area contributed by atoms with Crippen LogP contribution in [0.5, 0.6) is 0 Å². The van der Waals surface area contributed by atoms with Gasteiger partial charge < -0.3 is 9.88 Å². The van der Waals surface area contributed by atoms with Crippen LogP contribution in [0.25, 0.3) is 0 Å². The average molecular weight is 283 g/mol. The van der Waals surface area contributed by atoms with Crippen molar-refractivity contribution in [1.29, 1.82) is 0 Å². The Morgan fingerprint density at radius 1 is 1.53 bits per heavy atom. The van der Waals surface area contributed by atoms with E-state index in [2.05, 4.69) is 4.98 Å². The Morgan fingerprint density at radius 3 is 3.00 bits per heavy atom. The van der Waals surface area contributed by atoms with Gasteiger partial charge in [0.15, 0.2) is 5.43 Å². The molecule has 1 fully saturated rings. The first kappa shape index (κ1) is 14.1. The van der Waals surface area contributed by atoms with Crippen LogP contribution in [0.3, 0.4) is 0 Å². The predicted octanol–water partition coefficient (Wildman–Crippen LogP) is 2.31. The largest absolute Gasteiger partial charge is 0.364 e. The van der Waals surface area contributed by atoms with Gasteiger partial charge in [0, 0.05) is 36.4 Å². The van der Waals surface area contributed by atoms with Crippen molar-refractivity contribution in [3.8, 4) is 0 Å². The lowest BCUT2D eigenvalue weighted by Gasteiger charge is -2.35. The Bertz CT molecular complexity index is 510. The Morgan fingerprint density at radius 2 is 2.32 bits per heavy atom. The second-order valence-corrected chi connectivity index (χ2v) is 5.40. The van der Waals surface area contributed by atoms with Crippen LogP contribution in [-0.4, -0.2) is 34.3 Å². The number of hydrogen-bond donors (Lipinski definition) is 1. The third-order valence-corrected chi connectivity index (χ3v) is 3.84. The summed E-state index contributed by atoms with van der Waals surface area (Å²) in [5.74, 6) is 0.370. The molecule has 19 heavy (non-hydrogen) atoms. The maximum absolute atomic E-state index is 12.5. The molecule has 1 aromatic heterocycles. The van der Waals surface area contributed by atoms with E-state index in [0.717, 1.165) is 31.4 Å². The normalized spacial score (nSPS) is 19.5. The highest BCUT2D eigenvalue weighted by atomic mass is 35.5. The molecule has 0 saturated carbocycles. The van der Waals surface area contributed by atoms with Gasteiger partial charge in [0.1, 0.15) is 5.56 Å². The summed E-state index contributed by atoms with van der Waals surface area (Å²) in [5, 5.41) is 0. The third kappa shape index (κ3) is 3.18. The molecule has 0 spiro atoms. The maximum Gasteiger partial charge on any atom is 0.259 e. The number of halogens is 1. The fourth-order valence-corrected chi connectivity index (χ4v) is 2.84. The van der Waals surface area contributed by atoms with E-state index in [0.29, 0.717) is 12.4 Å². The molecule has 1 saturated heterocycles. The fourth-order valence-electron chi connectivity index (χ4n) is 2.59. The number of aromatic amines is 1. The molecule has 1 N–H and O–H groups in total. The van der Waals surface area contributed by atoms with Crippen LogP contribution >= 0.6 is 11.6 Å². The third-order valence-electron chi connectivity index (χ3n) is 3.62. The van der Waals surface area contributed by atoms with Crippen LogP contribution in [0.2, 0.25) is 0 Å². The number of nitrogens with one attached hydrogen (secondary N) is 1. The molecule has 1 aliphatic rings. The molecule has 0 aromatic carbocycles. The number of carbonyl (C=O) groups excluding carboxylic acids is 1. The summed E-state index contributed by atoms with van der Waals surface area (Å²) in [4.78, 5) is 29.1. The highest BCUT2D eigenvalue weighted by Crippen LogP contribution is 2.21. The summed E-state index contributed by atoms with van der Waals surface area (Å²) in [6.07, 6.45) is 5.40. The van der Waals surface area contributed by atoms with Crippen molar-refractivity contribution < 1.29 is 4.79 Å². The summed E-state index contributed by atoms with van der Waals surface area (Å²) in [5.41, 5.74) is 0.779. The van der Waals surface area contributed by atoms with Gasteiger partial charge in [-0.1, -0.05) is 0 Å². The second-order valence-electron chi connectivity index (χ2n) is 5.02. The number of rotatable bonds is 3. The first-order valence-corrected chi connectivity index (χ1v) is 7.23. The molecular formula is C14H19ClN2O2. The highest BCUT2D eigenvalue weighted by molar-refractivity contribution is 6.17. The molecule has 0 aliphatic carbocycles. The number of aryl methyl sites for hydroxylation is 1. The van der Waals surface area contributed by atoms with E-state index >= 15 is 0 Å². The number of carbonyl (C=O) groups is 1. The number of likely N-dealkylation sites (tertiary alicyclic amines) is 1. The van der Waals surface area contributed by atoms with E-state index < -0.39 is 0 Å². The van der Waals surface area contributed by atoms with Crippen molar-refractivity contribution in [1.82, 2.24) is 9.88 Å². The zero-order chi connectivity index (χ0) is 13.8. The standard InChI is InChI=1S/C14H19ClN2O2/c1-10-8-13(18)12(9-16-10)14(19)17-7-3-2-4-11(17)5-6-15/h8-9,11H,2-7H2,1H3,(H,16,18). The Balaban J connectivity index is 2.23. The van der Waals surface area contributed by atoms with Crippen molar-refractivity contribution in [2.45, 2.75) is 38.6 Å². The lowest BCUT2D eigenvalue weighted by Crippen LogP contribution is -2.45. The van der Waals surface area contributed by atoms with Gasteiger partial charge >= 0.3 is 0 Å². The average Bonchev–Trinajstić information content (AvgIpc) is 2.39. The molecule has 2 rings (SSSR count). The van der Waals surface area contributed by atoms with Crippen LogP contribution in [0, 0.1) is 6.92 Å². The van der Waals surface area contributed by atoms with Crippen molar-refractivity contribution in [2.75, 3.05) is 12.4 Å². The Kier molecular flexibility index (Phi) is 4.64. The molecule has 0 bridgehead atoms. The summed E-state index contributed by atoms with van der Waals surface area (Å²) < 4.78 is 0. The number of hydrogen-bond acceptors (Lipinski definition) is 2. The number of pyridine rings is 1. The fraction of sp³-hybridized carbons (Fsp3) is 0.571. The summed E-state index contributed by atoms with van der Waals surface area (Å²) >= 11 is 5.80. The minimum Gasteiger partial charge on any atom is -0.364 e. The molecule has 4 nitrogen and oxygen atoms in total. The second kappa shape index (κ2) is 6.24. The van der Waals surface area contributed by atoms with Crippen LogP contribution in [0.15, 0.2) is 17.1 Å². The van der Waals surface area contributed by atoms with E-state index in [1.54, 1.807) is 6.92 Å². The van der Waals surface area contributed by atoms with Gasteiger partial charge in [-0.3, -0.25) is 9.59 Å². The Hall–Kier alpha value is -1.29. The van der Waals surface area contributed by atoms with E-state index in [9.17, 15) is 9.59 Å². The van der Waals surface area contributed by atoms with Crippen molar-refractivity contribution in [2.24, 2.45) is 0 Å². The number of H-pyrrole nitrogens is 1. The van der Waals surface area contributed by atoms with Gasteiger partial charge in [-0.25, -0.2) is 0 Å². The molecule has 5 heteroatoms. The molecule has 1 amide bonds. The molecule has 1 unspecified atom stereocenters. The number of piperidine rings is 1. The van der Waals surface area contributed by atoms with Gasteiger partial charge in [0.2, 0.25) is 0 Å². The van der Waals surface area contributed by atoms with Crippen molar-refractivity contribution in [3.63, 3.8) is 0 Å². The van der Waals surface area contributed by atoms with Gasteiger partial charge in [-0.05, 0) is 32.6 Å². The molecule has 1 aromatic rings. The van der Waals surface area contributed by atoms with E-state index in [1.807, 2.05) is 4.90 Å². The SMILES string of the molecule is Cc1cc(=O)c(C(=O)N2CCCCC2CCCl)c[nH]1. The van der Waals surface area contributed by atoms with Gasteiger partial charge in [0.05, 0.1) is 0 Å². The molecule has 1 aliphatic heterocycles. The molecule has 1 atom stereocenters. The van der Waals surface area contributed by atoms with E-state index in [-0.39, 0.29) is 22.9 Å². The molecule has 0 radical (unpaired) electrons. The molecule has 2 heterocycles. The van der Waals surface area contributed by atoms with Crippen molar-refractivity contribution in [3.05, 3.63) is 33.7 Å². The van der Waals surface area contributed by atoms with Crippen LogP contribution < -0.4 is 5.43 Å². The zero-order valence-corrected chi connectivity index (χ0v) is 11.9. The first-order valence-electron chi connectivity index (χ1n) is 6.69. The maximum atomic E-state index is 12.5. The predicted molar refractivity (Wildman–Crippen MR) is 75.8 cm³/mol. The topological polar surface area (TPSA) is 53.2 Å². The highest BCUT2D eigenvalue weighted by Gasteiger charge is 2.28. The summed E-state index contributed by atoms with van der Waals surface area (Å²) in [6, 6.07) is 1.63. The number of aromatic nitrogens is 1. The quantitative estimate of drug-likeness (QED) is 0.865. The Labute approximate surface area is 117 Å². The van der Waals surface area contributed by atoms with Gasteiger partial charge in [0.25, 0.3) is 5.91 Å². The molecule has 104 valence electrons. The lowest BCUT2D eigenvalue weighted by atomic mass is 9.99. The summed E-state index contributed by atoms with van der Waals surface area (Å²) in [7, 11) is 0. The monoisotopic (exact) mass is 282 g/mol. The minimum atomic E-state index is -0.212. The van der Waals surface area contributed by atoms with Crippen LogP contribution in [0.4, 0.5) is 0 Å². The van der Waals surface area contributed by atoms with E-state index in [4.69, 9.17) is 11.6 Å². The first-order chi connectivity index (χ1) is 9.13. The van der Waals surface area contributed by atoms with Crippen LogP contribution in [0.1, 0.15) is 41.7 Å². The van der Waals surface area contributed by atoms with E-state index in [1.165, 1.54) is 12.3 Å². The minimum absolute atomic E-state index is 0.166. The smallest absolute Gasteiger partial charge is 0.259 e. The van der Waals surface area contributed by atoms with Crippen LogP contribution in [-0.2, 0) is 0 Å². The van der Waals surface area contributed by atoms with Crippen molar-refractivity contribution >= 4 is 17.5 Å². The van der Waals surface area contributed by atoms with Gasteiger partial charge in [-0.2, -0.15) is 0 Å². The lowest BCUT2D eigenvalue weighted by molar-refractivity contribution is 0.0607. The van der Waals surface area contributed by atoms with Gasteiger partial charge in [-0.15, -0.1) is 11.6 Å².